The number of rotatable bonds is 5. The molecule has 0 radical (unpaired) electrons. The monoisotopic (exact) mass is 344 g/mol. The number of aryl methyl sites for hydroxylation is 1. The van der Waals surface area contributed by atoms with Crippen molar-refractivity contribution in [3.05, 3.63) is 35.9 Å². The lowest BCUT2D eigenvalue weighted by Crippen LogP contribution is -2.42. The van der Waals surface area contributed by atoms with Crippen LogP contribution in [0.1, 0.15) is 38.2 Å². The van der Waals surface area contributed by atoms with E-state index in [1.165, 1.54) is 12.5 Å². The minimum Gasteiger partial charge on any atom is -0.480 e. The molecular formula is C20H28N2O3. The van der Waals surface area contributed by atoms with E-state index in [2.05, 4.69) is 29.2 Å². The Kier molecular flexibility index (Phi) is 5.42. The molecule has 5 nitrogen and oxygen atoms in total. The van der Waals surface area contributed by atoms with E-state index in [9.17, 15) is 14.7 Å². The van der Waals surface area contributed by atoms with Gasteiger partial charge < -0.3 is 14.9 Å². The van der Waals surface area contributed by atoms with Gasteiger partial charge in [-0.2, -0.15) is 0 Å². The van der Waals surface area contributed by atoms with E-state index in [-0.39, 0.29) is 11.3 Å². The summed E-state index contributed by atoms with van der Waals surface area (Å²) in [5.41, 5.74) is 1.39. The van der Waals surface area contributed by atoms with Crippen molar-refractivity contribution in [1.82, 2.24) is 9.80 Å². The van der Waals surface area contributed by atoms with Gasteiger partial charge in [-0.1, -0.05) is 30.3 Å². The SMILES string of the molecule is CC(=O)N1CC2(CCN(CCCc3ccccc3)CC2)C[C@H]1C(=O)O. The number of hydrogen-bond acceptors (Lipinski definition) is 3. The van der Waals surface area contributed by atoms with Gasteiger partial charge in [0.25, 0.3) is 0 Å². The number of carboxylic acids is 1. The Balaban J connectivity index is 1.48. The summed E-state index contributed by atoms with van der Waals surface area (Å²) in [5.74, 6) is -0.980. The van der Waals surface area contributed by atoms with Gasteiger partial charge in [-0.05, 0) is 62.7 Å². The van der Waals surface area contributed by atoms with Crippen molar-refractivity contribution in [3.63, 3.8) is 0 Å². The van der Waals surface area contributed by atoms with Gasteiger partial charge in [-0.25, -0.2) is 4.79 Å². The molecule has 25 heavy (non-hydrogen) atoms. The number of aliphatic carboxylic acids is 1. The summed E-state index contributed by atoms with van der Waals surface area (Å²) in [4.78, 5) is 27.3. The number of nitrogens with zero attached hydrogens (tertiary/aromatic N) is 2. The number of likely N-dealkylation sites (tertiary alicyclic amines) is 2. The molecule has 2 saturated heterocycles. The zero-order chi connectivity index (χ0) is 17.9. The maximum atomic E-state index is 11.8. The molecule has 1 aromatic rings. The second-order valence-corrected chi connectivity index (χ2v) is 7.64. The quantitative estimate of drug-likeness (QED) is 0.891. The Morgan fingerprint density at radius 2 is 1.88 bits per heavy atom. The van der Waals surface area contributed by atoms with Crippen LogP contribution in [-0.2, 0) is 16.0 Å². The van der Waals surface area contributed by atoms with Crippen LogP contribution < -0.4 is 0 Å². The molecule has 0 aliphatic carbocycles. The highest BCUT2D eigenvalue weighted by Crippen LogP contribution is 2.43. The van der Waals surface area contributed by atoms with Gasteiger partial charge in [0.1, 0.15) is 6.04 Å². The van der Waals surface area contributed by atoms with Gasteiger partial charge in [0.15, 0.2) is 0 Å². The van der Waals surface area contributed by atoms with Crippen molar-refractivity contribution in [2.45, 2.75) is 45.1 Å². The van der Waals surface area contributed by atoms with Crippen LogP contribution >= 0.6 is 0 Å². The first kappa shape index (κ1) is 17.9. The third kappa shape index (κ3) is 4.21. The summed E-state index contributed by atoms with van der Waals surface area (Å²) in [5, 5.41) is 9.42. The van der Waals surface area contributed by atoms with Crippen molar-refractivity contribution in [1.29, 1.82) is 0 Å². The fourth-order valence-electron chi connectivity index (χ4n) is 4.37. The number of benzene rings is 1. The van der Waals surface area contributed by atoms with E-state index in [1.54, 1.807) is 4.90 Å². The van der Waals surface area contributed by atoms with Crippen molar-refractivity contribution in [2.24, 2.45) is 5.41 Å². The minimum absolute atomic E-state index is 0.00462. The average Bonchev–Trinajstić information content (AvgIpc) is 2.98. The molecule has 0 saturated carbocycles. The zero-order valence-corrected chi connectivity index (χ0v) is 15.0. The van der Waals surface area contributed by atoms with Crippen LogP contribution in [0, 0.1) is 5.41 Å². The number of hydrogen-bond donors (Lipinski definition) is 1. The van der Waals surface area contributed by atoms with Crippen molar-refractivity contribution in [3.8, 4) is 0 Å². The number of carboxylic acid groups (broad SMARTS) is 1. The number of amides is 1. The zero-order valence-electron chi connectivity index (χ0n) is 15.0. The highest BCUT2D eigenvalue weighted by atomic mass is 16.4. The van der Waals surface area contributed by atoms with Crippen LogP contribution in [-0.4, -0.2) is 59.0 Å². The first-order valence-electron chi connectivity index (χ1n) is 9.25. The van der Waals surface area contributed by atoms with Gasteiger partial charge in [-0.3, -0.25) is 4.79 Å². The second-order valence-electron chi connectivity index (χ2n) is 7.64. The first-order chi connectivity index (χ1) is 12.0. The largest absolute Gasteiger partial charge is 0.480 e. The lowest BCUT2D eigenvalue weighted by atomic mass is 9.76. The lowest BCUT2D eigenvalue weighted by molar-refractivity contribution is -0.147. The van der Waals surface area contributed by atoms with Gasteiger partial charge in [0.05, 0.1) is 0 Å². The topological polar surface area (TPSA) is 60.9 Å². The summed E-state index contributed by atoms with van der Waals surface area (Å²) in [7, 11) is 0. The fourth-order valence-corrected chi connectivity index (χ4v) is 4.37. The summed E-state index contributed by atoms with van der Waals surface area (Å²) < 4.78 is 0. The van der Waals surface area contributed by atoms with Crippen LogP contribution in [0.25, 0.3) is 0 Å². The van der Waals surface area contributed by atoms with Crippen molar-refractivity contribution in [2.75, 3.05) is 26.2 Å². The Morgan fingerprint density at radius 1 is 1.20 bits per heavy atom. The highest BCUT2D eigenvalue weighted by Gasteiger charge is 2.48. The molecule has 136 valence electrons. The van der Waals surface area contributed by atoms with E-state index >= 15 is 0 Å². The standard InChI is InChI=1S/C20H28N2O3/c1-16(23)22-15-20(14-18(22)19(24)25)9-12-21(13-10-20)11-5-8-17-6-3-2-4-7-17/h2-4,6-7,18H,5,8-15H2,1H3,(H,24,25)/t18-/m0/s1. The van der Waals surface area contributed by atoms with Crippen LogP contribution in [0.2, 0.25) is 0 Å². The Bertz CT molecular complexity index is 585. The number of carbonyl (C=O) groups excluding carboxylic acids is 1. The average molecular weight is 344 g/mol. The lowest BCUT2D eigenvalue weighted by Gasteiger charge is -2.39. The molecule has 2 fully saturated rings. The molecule has 1 aromatic carbocycles. The van der Waals surface area contributed by atoms with Crippen LogP contribution in [0.3, 0.4) is 0 Å². The van der Waals surface area contributed by atoms with E-state index in [0.29, 0.717) is 13.0 Å². The smallest absolute Gasteiger partial charge is 0.326 e. The van der Waals surface area contributed by atoms with Crippen LogP contribution in [0.5, 0.6) is 0 Å². The van der Waals surface area contributed by atoms with Gasteiger partial charge in [-0.15, -0.1) is 0 Å². The molecule has 3 rings (SSSR count). The summed E-state index contributed by atoms with van der Waals surface area (Å²) >= 11 is 0. The second kappa shape index (κ2) is 7.56. The maximum absolute atomic E-state index is 11.8. The maximum Gasteiger partial charge on any atom is 0.326 e. The van der Waals surface area contributed by atoms with E-state index in [1.807, 2.05) is 6.07 Å². The molecule has 1 spiro atoms. The van der Waals surface area contributed by atoms with E-state index < -0.39 is 12.0 Å². The summed E-state index contributed by atoms with van der Waals surface area (Å²) in [6.45, 7) is 5.19. The summed E-state index contributed by atoms with van der Waals surface area (Å²) in [6.07, 6.45) is 4.84. The molecule has 2 aliphatic heterocycles. The fraction of sp³-hybridized carbons (Fsp3) is 0.600. The molecule has 5 heteroatoms. The van der Waals surface area contributed by atoms with Gasteiger partial charge in [0, 0.05) is 13.5 Å². The molecule has 2 aliphatic rings. The molecule has 1 N–H and O–H groups in total. The van der Waals surface area contributed by atoms with Crippen molar-refractivity contribution >= 4 is 11.9 Å². The number of carbonyl (C=O) groups is 2. The third-order valence-corrected chi connectivity index (χ3v) is 5.90. The van der Waals surface area contributed by atoms with Crippen LogP contribution in [0.15, 0.2) is 30.3 Å². The molecule has 0 aromatic heterocycles. The minimum atomic E-state index is -0.864. The first-order valence-corrected chi connectivity index (χ1v) is 9.25. The Morgan fingerprint density at radius 3 is 2.44 bits per heavy atom. The Hall–Kier alpha value is -1.88. The summed E-state index contributed by atoms with van der Waals surface area (Å²) in [6, 6.07) is 9.92. The van der Waals surface area contributed by atoms with E-state index in [4.69, 9.17) is 0 Å². The normalized spacial score (nSPS) is 23.1. The molecule has 0 bridgehead atoms. The van der Waals surface area contributed by atoms with Gasteiger partial charge >= 0.3 is 5.97 Å². The molecular weight excluding hydrogens is 316 g/mol. The van der Waals surface area contributed by atoms with Crippen LogP contribution in [0.4, 0.5) is 0 Å². The highest BCUT2D eigenvalue weighted by molar-refractivity contribution is 5.83. The van der Waals surface area contributed by atoms with Crippen molar-refractivity contribution < 1.29 is 14.7 Å². The molecule has 2 heterocycles. The molecule has 1 amide bonds. The molecule has 1 atom stereocenters. The Labute approximate surface area is 149 Å². The molecule has 0 unspecified atom stereocenters. The predicted octanol–water partition coefficient (Wildman–Crippen LogP) is 2.41. The predicted molar refractivity (Wildman–Crippen MR) is 96.3 cm³/mol. The van der Waals surface area contributed by atoms with E-state index in [0.717, 1.165) is 45.3 Å². The number of piperidine rings is 1. The third-order valence-electron chi connectivity index (χ3n) is 5.90. The van der Waals surface area contributed by atoms with Gasteiger partial charge in [0.2, 0.25) is 5.91 Å².